The average molecular weight is 247 g/mol. The standard InChI is InChI=1S/C16H25NO/c1-3-17(4-2)14-13-16(18)12-8-11-15-9-6-5-7-10-15/h5-7,9-10H,3-4,8,11-14H2,1-2H3. The van der Waals surface area contributed by atoms with Crippen molar-refractivity contribution in [3.05, 3.63) is 35.9 Å². The number of Topliss-reactive ketones (excluding diaryl/α,β-unsaturated/α-hetero) is 1. The SMILES string of the molecule is CCN(CC)CCC(=O)CCCc1ccccc1. The zero-order valence-corrected chi connectivity index (χ0v) is 11.7. The number of rotatable bonds is 9. The Morgan fingerprint density at radius 1 is 1.06 bits per heavy atom. The topological polar surface area (TPSA) is 20.3 Å². The van der Waals surface area contributed by atoms with Crippen LogP contribution in [-0.4, -0.2) is 30.3 Å². The van der Waals surface area contributed by atoms with E-state index < -0.39 is 0 Å². The molecule has 1 rings (SSSR count). The van der Waals surface area contributed by atoms with Crippen LogP contribution in [0.5, 0.6) is 0 Å². The first kappa shape index (κ1) is 14.9. The molecule has 2 heteroatoms. The first-order valence-electron chi connectivity index (χ1n) is 7.04. The van der Waals surface area contributed by atoms with Crippen LogP contribution in [-0.2, 0) is 11.2 Å². The molecule has 0 saturated carbocycles. The molecule has 1 aromatic carbocycles. The molecule has 0 aliphatic carbocycles. The van der Waals surface area contributed by atoms with E-state index in [1.54, 1.807) is 0 Å². The van der Waals surface area contributed by atoms with Crippen molar-refractivity contribution in [1.82, 2.24) is 4.90 Å². The number of aryl methyl sites for hydroxylation is 1. The van der Waals surface area contributed by atoms with Gasteiger partial charge in [0.2, 0.25) is 0 Å². The van der Waals surface area contributed by atoms with Crippen LogP contribution in [0.3, 0.4) is 0 Å². The molecule has 0 aliphatic rings. The van der Waals surface area contributed by atoms with Gasteiger partial charge in [-0.15, -0.1) is 0 Å². The maximum Gasteiger partial charge on any atom is 0.134 e. The number of hydrogen-bond donors (Lipinski definition) is 0. The Hall–Kier alpha value is -1.15. The number of carbonyl (C=O) groups excluding carboxylic acids is 1. The molecule has 0 unspecified atom stereocenters. The lowest BCUT2D eigenvalue weighted by molar-refractivity contribution is -0.119. The van der Waals surface area contributed by atoms with E-state index >= 15 is 0 Å². The van der Waals surface area contributed by atoms with Gasteiger partial charge in [-0.2, -0.15) is 0 Å². The highest BCUT2D eigenvalue weighted by Gasteiger charge is 2.05. The molecule has 0 heterocycles. The van der Waals surface area contributed by atoms with Gasteiger partial charge in [0.15, 0.2) is 0 Å². The van der Waals surface area contributed by atoms with E-state index in [9.17, 15) is 4.79 Å². The summed E-state index contributed by atoms with van der Waals surface area (Å²) in [4.78, 5) is 14.0. The van der Waals surface area contributed by atoms with Crippen molar-refractivity contribution in [2.75, 3.05) is 19.6 Å². The Kier molecular flexibility index (Phi) is 7.35. The minimum Gasteiger partial charge on any atom is -0.303 e. The Morgan fingerprint density at radius 3 is 2.33 bits per heavy atom. The predicted octanol–water partition coefficient (Wildman–Crippen LogP) is 3.31. The van der Waals surface area contributed by atoms with Crippen molar-refractivity contribution < 1.29 is 4.79 Å². The van der Waals surface area contributed by atoms with Crippen LogP contribution in [0.25, 0.3) is 0 Å². The minimum absolute atomic E-state index is 0.401. The highest BCUT2D eigenvalue weighted by atomic mass is 16.1. The molecular weight excluding hydrogens is 222 g/mol. The van der Waals surface area contributed by atoms with Crippen LogP contribution in [0.1, 0.15) is 38.7 Å². The fraction of sp³-hybridized carbons (Fsp3) is 0.562. The second kappa shape index (κ2) is 8.87. The smallest absolute Gasteiger partial charge is 0.134 e. The maximum atomic E-state index is 11.7. The van der Waals surface area contributed by atoms with Gasteiger partial charge in [0.1, 0.15) is 5.78 Å². The number of ketones is 1. The average Bonchev–Trinajstić information content (AvgIpc) is 2.41. The van der Waals surface area contributed by atoms with Gasteiger partial charge in [-0.1, -0.05) is 44.2 Å². The molecule has 1 aromatic rings. The summed E-state index contributed by atoms with van der Waals surface area (Å²) in [6, 6.07) is 10.4. The van der Waals surface area contributed by atoms with Gasteiger partial charge in [-0.05, 0) is 31.5 Å². The lowest BCUT2D eigenvalue weighted by atomic mass is 10.1. The molecule has 0 fully saturated rings. The van der Waals surface area contributed by atoms with E-state index in [1.165, 1.54) is 5.56 Å². The number of carbonyl (C=O) groups is 1. The van der Waals surface area contributed by atoms with Gasteiger partial charge in [0, 0.05) is 19.4 Å². The fourth-order valence-corrected chi connectivity index (χ4v) is 2.08. The second-order valence-corrected chi connectivity index (χ2v) is 4.65. The van der Waals surface area contributed by atoms with Crippen molar-refractivity contribution in [2.24, 2.45) is 0 Å². The molecule has 0 spiro atoms. The quantitative estimate of drug-likeness (QED) is 0.667. The highest BCUT2D eigenvalue weighted by molar-refractivity contribution is 5.78. The van der Waals surface area contributed by atoms with Crippen LogP contribution in [0.2, 0.25) is 0 Å². The third-order valence-electron chi connectivity index (χ3n) is 3.37. The molecule has 0 saturated heterocycles. The summed E-state index contributed by atoms with van der Waals surface area (Å²) in [5.41, 5.74) is 1.33. The van der Waals surface area contributed by atoms with Crippen LogP contribution < -0.4 is 0 Å². The van der Waals surface area contributed by atoms with Crippen LogP contribution >= 0.6 is 0 Å². The Balaban J connectivity index is 2.14. The van der Waals surface area contributed by atoms with Crippen LogP contribution in [0, 0.1) is 0 Å². The molecule has 0 atom stereocenters. The summed E-state index contributed by atoms with van der Waals surface area (Å²) in [5.74, 6) is 0.401. The third-order valence-corrected chi connectivity index (χ3v) is 3.37. The minimum atomic E-state index is 0.401. The van der Waals surface area contributed by atoms with Crippen molar-refractivity contribution in [2.45, 2.75) is 39.5 Å². The number of nitrogens with zero attached hydrogens (tertiary/aromatic N) is 1. The van der Waals surface area contributed by atoms with Gasteiger partial charge >= 0.3 is 0 Å². The lowest BCUT2D eigenvalue weighted by Crippen LogP contribution is -2.25. The second-order valence-electron chi connectivity index (χ2n) is 4.65. The van der Waals surface area contributed by atoms with Crippen molar-refractivity contribution in [3.63, 3.8) is 0 Å². The Morgan fingerprint density at radius 2 is 1.72 bits per heavy atom. The van der Waals surface area contributed by atoms with Gasteiger partial charge in [-0.3, -0.25) is 4.79 Å². The molecule has 0 radical (unpaired) electrons. The lowest BCUT2D eigenvalue weighted by Gasteiger charge is -2.16. The normalized spacial score (nSPS) is 10.8. The molecule has 0 N–H and O–H groups in total. The van der Waals surface area contributed by atoms with E-state index in [2.05, 4.69) is 43.0 Å². The van der Waals surface area contributed by atoms with Gasteiger partial charge < -0.3 is 4.90 Å². The molecule has 2 nitrogen and oxygen atoms in total. The number of benzene rings is 1. The van der Waals surface area contributed by atoms with E-state index in [-0.39, 0.29) is 0 Å². The first-order valence-corrected chi connectivity index (χ1v) is 7.04. The highest BCUT2D eigenvalue weighted by Crippen LogP contribution is 2.06. The van der Waals surface area contributed by atoms with E-state index in [4.69, 9.17) is 0 Å². The zero-order valence-electron chi connectivity index (χ0n) is 11.7. The zero-order chi connectivity index (χ0) is 13.2. The first-order chi connectivity index (χ1) is 8.76. The molecule has 0 aliphatic heterocycles. The fourth-order valence-electron chi connectivity index (χ4n) is 2.08. The maximum absolute atomic E-state index is 11.7. The largest absolute Gasteiger partial charge is 0.303 e. The monoisotopic (exact) mass is 247 g/mol. The molecule has 0 amide bonds. The van der Waals surface area contributed by atoms with Crippen molar-refractivity contribution >= 4 is 5.78 Å². The van der Waals surface area contributed by atoms with E-state index in [0.717, 1.165) is 38.9 Å². The summed E-state index contributed by atoms with van der Waals surface area (Å²) in [6.07, 6.45) is 3.41. The van der Waals surface area contributed by atoms with Crippen molar-refractivity contribution in [3.8, 4) is 0 Å². The van der Waals surface area contributed by atoms with E-state index in [1.807, 2.05) is 6.07 Å². The van der Waals surface area contributed by atoms with Crippen LogP contribution in [0.4, 0.5) is 0 Å². The molecule has 0 aromatic heterocycles. The Bertz CT molecular complexity index is 330. The summed E-state index contributed by atoms with van der Waals surface area (Å²) >= 11 is 0. The van der Waals surface area contributed by atoms with Gasteiger partial charge in [-0.25, -0.2) is 0 Å². The van der Waals surface area contributed by atoms with Gasteiger partial charge in [0.25, 0.3) is 0 Å². The summed E-state index contributed by atoms with van der Waals surface area (Å²) in [6.45, 7) is 7.27. The number of hydrogen-bond acceptors (Lipinski definition) is 2. The third kappa shape index (κ3) is 5.97. The van der Waals surface area contributed by atoms with Crippen LogP contribution in [0.15, 0.2) is 30.3 Å². The van der Waals surface area contributed by atoms with E-state index in [0.29, 0.717) is 12.2 Å². The summed E-state index contributed by atoms with van der Waals surface area (Å²) in [7, 11) is 0. The van der Waals surface area contributed by atoms with Gasteiger partial charge in [0.05, 0.1) is 0 Å². The summed E-state index contributed by atoms with van der Waals surface area (Å²) < 4.78 is 0. The molecule has 0 bridgehead atoms. The Labute approximate surface area is 111 Å². The van der Waals surface area contributed by atoms with Crippen molar-refractivity contribution in [1.29, 1.82) is 0 Å². The predicted molar refractivity (Wildman–Crippen MR) is 76.8 cm³/mol. The molecule has 18 heavy (non-hydrogen) atoms. The molecular formula is C16H25NO. The molecule has 100 valence electrons. The summed E-state index contributed by atoms with van der Waals surface area (Å²) in [5, 5.41) is 0.